The molecule has 5 aromatic heterocycles. The van der Waals surface area contributed by atoms with Crippen LogP contribution in [0, 0.1) is 11.8 Å². The number of fused-ring (bicyclic) bond motifs is 1. The summed E-state index contributed by atoms with van der Waals surface area (Å²) in [6.07, 6.45) is 10.3. The summed E-state index contributed by atoms with van der Waals surface area (Å²) in [5, 5.41) is 0. The van der Waals surface area contributed by atoms with E-state index in [4.69, 9.17) is 8.75 Å². The van der Waals surface area contributed by atoms with E-state index in [2.05, 4.69) is 88.4 Å². The van der Waals surface area contributed by atoms with Crippen molar-refractivity contribution in [3.8, 4) is 40.4 Å². The molecule has 0 amide bonds. The summed E-state index contributed by atoms with van der Waals surface area (Å²) in [6, 6.07) is 22.9. The fraction of sp³-hybridized carbons (Fsp3) is 0.389. The quantitative estimate of drug-likeness (QED) is 0.116. The van der Waals surface area contributed by atoms with E-state index in [0.717, 1.165) is 22.9 Å². The van der Waals surface area contributed by atoms with E-state index >= 15 is 0 Å². The van der Waals surface area contributed by atoms with Gasteiger partial charge in [-0.2, -0.15) is 8.75 Å². The number of thiophene rings is 4. The Hall–Kier alpha value is -2.16. The molecule has 224 valence electrons. The summed E-state index contributed by atoms with van der Waals surface area (Å²) >= 11 is 8.96. The lowest BCUT2D eigenvalue weighted by Gasteiger charge is -2.13. The average molecular weight is 661 g/mol. The van der Waals surface area contributed by atoms with E-state index in [0.29, 0.717) is 0 Å². The molecular formula is C36H40N2S5. The van der Waals surface area contributed by atoms with E-state index in [1.807, 2.05) is 45.3 Å². The van der Waals surface area contributed by atoms with Gasteiger partial charge >= 0.3 is 0 Å². The molecular weight excluding hydrogens is 621 g/mol. The Morgan fingerprint density at radius 3 is 1.56 bits per heavy atom. The third kappa shape index (κ3) is 7.23. The van der Waals surface area contributed by atoms with Gasteiger partial charge in [0.15, 0.2) is 0 Å². The molecule has 6 aromatic rings. The van der Waals surface area contributed by atoms with Crippen molar-refractivity contribution in [2.75, 3.05) is 0 Å². The van der Waals surface area contributed by atoms with Gasteiger partial charge in [-0.1, -0.05) is 65.5 Å². The Morgan fingerprint density at radius 1 is 0.558 bits per heavy atom. The number of benzene rings is 1. The highest BCUT2D eigenvalue weighted by atomic mass is 32.1. The minimum atomic E-state index is 0.740. The second-order valence-corrected chi connectivity index (χ2v) is 16.9. The predicted octanol–water partition coefficient (Wildman–Crippen LogP) is 13.3. The van der Waals surface area contributed by atoms with Crippen molar-refractivity contribution in [1.29, 1.82) is 0 Å². The third-order valence-electron chi connectivity index (χ3n) is 8.28. The van der Waals surface area contributed by atoms with Gasteiger partial charge in [0, 0.05) is 50.1 Å². The molecule has 43 heavy (non-hydrogen) atoms. The number of nitrogens with zero attached hydrogens (tertiary/aromatic N) is 2. The van der Waals surface area contributed by atoms with E-state index < -0.39 is 0 Å². The Morgan fingerprint density at radius 2 is 1.05 bits per heavy atom. The maximum absolute atomic E-state index is 4.79. The molecule has 6 rings (SSSR count). The lowest BCUT2D eigenvalue weighted by Crippen LogP contribution is -2.00. The first-order chi connectivity index (χ1) is 21.0. The van der Waals surface area contributed by atoms with Gasteiger partial charge < -0.3 is 0 Å². The maximum atomic E-state index is 4.79. The predicted molar refractivity (Wildman–Crippen MR) is 195 cm³/mol. The minimum absolute atomic E-state index is 0.740. The molecule has 1 unspecified atom stereocenters. The Balaban J connectivity index is 1.19. The van der Waals surface area contributed by atoms with Crippen molar-refractivity contribution in [1.82, 2.24) is 8.75 Å². The van der Waals surface area contributed by atoms with Gasteiger partial charge in [0.25, 0.3) is 0 Å². The highest BCUT2D eigenvalue weighted by molar-refractivity contribution is 7.24. The smallest absolute Gasteiger partial charge is 0.114 e. The van der Waals surface area contributed by atoms with Crippen LogP contribution in [0.3, 0.4) is 0 Å². The standard InChI is InChI=1S/C36H40N2S5/c1-5-7-8-24(6-2)10-12-26-14-18-32(40-26)34-22-20-30(42-34)28-16-15-27(35-36(28)38-43-37-35)29-19-21-33(41-29)31-17-13-25(39-31)11-9-23(3)4/h13-24H,5-12H2,1-4H3. The van der Waals surface area contributed by atoms with Crippen molar-refractivity contribution in [2.45, 2.75) is 79.1 Å². The van der Waals surface area contributed by atoms with Crippen LogP contribution in [-0.4, -0.2) is 8.75 Å². The minimum Gasteiger partial charge on any atom is -0.172 e. The first kappa shape index (κ1) is 30.8. The summed E-state index contributed by atoms with van der Waals surface area (Å²) < 4.78 is 9.57. The number of aromatic nitrogens is 2. The largest absolute Gasteiger partial charge is 0.172 e. The summed E-state index contributed by atoms with van der Waals surface area (Å²) in [5.41, 5.74) is 4.40. The van der Waals surface area contributed by atoms with Crippen LogP contribution in [0.15, 0.2) is 60.7 Å². The second kappa shape index (κ2) is 14.3. The van der Waals surface area contributed by atoms with Crippen LogP contribution in [0.4, 0.5) is 0 Å². The molecule has 0 bridgehead atoms. The Labute approximate surface area is 276 Å². The average Bonchev–Trinajstić information content (AvgIpc) is 3.84. The van der Waals surface area contributed by atoms with E-state index in [9.17, 15) is 0 Å². The molecule has 0 spiro atoms. The summed E-state index contributed by atoms with van der Waals surface area (Å²) in [7, 11) is 0. The van der Waals surface area contributed by atoms with Gasteiger partial charge in [-0.15, -0.1) is 45.3 Å². The molecule has 0 N–H and O–H groups in total. The molecule has 0 radical (unpaired) electrons. The van der Waals surface area contributed by atoms with Crippen molar-refractivity contribution >= 4 is 68.1 Å². The van der Waals surface area contributed by atoms with Crippen molar-refractivity contribution in [2.24, 2.45) is 11.8 Å². The fourth-order valence-corrected chi connectivity index (χ4v) is 10.5. The van der Waals surface area contributed by atoms with Gasteiger partial charge in [0.05, 0.1) is 11.7 Å². The first-order valence-electron chi connectivity index (χ1n) is 15.7. The molecule has 5 heterocycles. The Kier molecular flexibility index (Phi) is 10.3. The fourth-order valence-electron chi connectivity index (χ4n) is 5.61. The molecule has 0 aliphatic carbocycles. The van der Waals surface area contributed by atoms with Crippen LogP contribution in [0.25, 0.3) is 51.4 Å². The highest BCUT2D eigenvalue weighted by Gasteiger charge is 2.18. The van der Waals surface area contributed by atoms with Crippen molar-refractivity contribution < 1.29 is 0 Å². The Bertz CT molecular complexity index is 1760. The zero-order valence-electron chi connectivity index (χ0n) is 25.5. The number of hydrogen-bond donors (Lipinski definition) is 0. The van der Waals surface area contributed by atoms with Gasteiger partial charge in [-0.3, -0.25) is 0 Å². The topological polar surface area (TPSA) is 25.8 Å². The number of unbranched alkanes of at least 4 members (excludes halogenated alkanes) is 1. The van der Waals surface area contributed by atoms with Gasteiger partial charge in [0.2, 0.25) is 0 Å². The van der Waals surface area contributed by atoms with Crippen LogP contribution >= 0.6 is 57.1 Å². The molecule has 7 heteroatoms. The van der Waals surface area contributed by atoms with Crippen LogP contribution in [-0.2, 0) is 12.8 Å². The monoisotopic (exact) mass is 660 g/mol. The number of rotatable bonds is 14. The molecule has 1 atom stereocenters. The van der Waals surface area contributed by atoms with Crippen molar-refractivity contribution in [3.05, 3.63) is 70.4 Å². The van der Waals surface area contributed by atoms with Crippen LogP contribution in [0.5, 0.6) is 0 Å². The zero-order chi connectivity index (χ0) is 29.8. The molecule has 0 aliphatic rings. The van der Waals surface area contributed by atoms with Gasteiger partial charge in [-0.05, 0) is 86.1 Å². The van der Waals surface area contributed by atoms with Crippen LogP contribution in [0.1, 0.15) is 76.0 Å². The zero-order valence-corrected chi connectivity index (χ0v) is 29.6. The molecule has 0 saturated carbocycles. The molecule has 2 nitrogen and oxygen atoms in total. The normalized spacial score (nSPS) is 12.6. The number of hydrogen-bond acceptors (Lipinski definition) is 7. The third-order valence-corrected chi connectivity index (χ3v) is 13.7. The van der Waals surface area contributed by atoms with Crippen molar-refractivity contribution in [3.63, 3.8) is 0 Å². The van der Waals surface area contributed by atoms with Crippen LogP contribution in [0.2, 0.25) is 0 Å². The SMILES string of the molecule is CCCCC(CC)CCc1ccc(-c2ccc(-c3ccc(-c4ccc(-c5ccc(CCC(C)C)s5)s4)c4nsnc34)s2)s1. The lowest BCUT2D eigenvalue weighted by atomic mass is 9.94. The lowest BCUT2D eigenvalue weighted by molar-refractivity contribution is 0.423. The second-order valence-electron chi connectivity index (χ2n) is 11.9. The van der Waals surface area contributed by atoms with Crippen LogP contribution < -0.4 is 0 Å². The molecule has 0 saturated heterocycles. The summed E-state index contributed by atoms with van der Waals surface area (Å²) in [4.78, 5) is 10.9. The molecule has 1 aromatic carbocycles. The van der Waals surface area contributed by atoms with E-state index in [1.165, 1.54) is 113 Å². The van der Waals surface area contributed by atoms with Gasteiger partial charge in [-0.25, -0.2) is 0 Å². The van der Waals surface area contributed by atoms with E-state index in [-0.39, 0.29) is 0 Å². The molecule has 0 aliphatic heterocycles. The maximum Gasteiger partial charge on any atom is 0.114 e. The van der Waals surface area contributed by atoms with E-state index in [1.54, 1.807) is 0 Å². The summed E-state index contributed by atoms with van der Waals surface area (Å²) in [5.74, 6) is 1.60. The van der Waals surface area contributed by atoms with Gasteiger partial charge in [0.1, 0.15) is 11.0 Å². The highest BCUT2D eigenvalue weighted by Crippen LogP contribution is 2.44. The first-order valence-corrected chi connectivity index (χ1v) is 19.7. The molecule has 0 fully saturated rings. The number of aryl methyl sites for hydroxylation is 2. The summed E-state index contributed by atoms with van der Waals surface area (Å²) in [6.45, 7) is 9.25.